The van der Waals surface area contributed by atoms with Gasteiger partial charge in [-0.3, -0.25) is 0 Å². The first-order chi connectivity index (χ1) is 18.6. The minimum absolute atomic E-state index is 0.279. The van der Waals surface area contributed by atoms with Crippen LogP contribution in [0.2, 0.25) is 0 Å². The Balaban J connectivity index is 1.47. The predicted molar refractivity (Wildman–Crippen MR) is 138 cm³/mol. The number of benzene rings is 3. The second kappa shape index (κ2) is 8.52. The minimum Gasteiger partial charge on any atom is -0.497 e. The van der Waals surface area contributed by atoms with E-state index < -0.39 is 0 Å². The zero-order chi connectivity index (χ0) is 25.8. The van der Waals surface area contributed by atoms with E-state index in [1.54, 1.807) is 30.1 Å². The van der Waals surface area contributed by atoms with Crippen LogP contribution in [0, 0.1) is 12.7 Å². The van der Waals surface area contributed by atoms with Gasteiger partial charge < -0.3 is 9.47 Å². The lowest BCUT2D eigenvalue weighted by molar-refractivity contribution is 0.402. The van der Waals surface area contributed by atoms with E-state index in [9.17, 15) is 4.39 Å². The molecular formula is C29H21FN6O2. The largest absolute Gasteiger partial charge is 0.497 e. The molecule has 1 aliphatic rings. The van der Waals surface area contributed by atoms with Gasteiger partial charge in [0.25, 0.3) is 0 Å². The van der Waals surface area contributed by atoms with Crippen LogP contribution in [0.3, 0.4) is 0 Å². The molecule has 0 radical (unpaired) electrons. The summed E-state index contributed by atoms with van der Waals surface area (Å²) >= 11 is 0. The van der Waals surface area contributed by atoms with Crippen LogP contribution >= 0.6 is 0 Å². The number of hydrogen-bond acceptors (Lipinski definition) is 6. The van der Waals surface area contributed by atoms with Crippen molar-refractivity contribution in [1.29, 1.82) is 0 Å². The van der Waals surface area contributed by atoms with Crippen molar-refractivity contribution >= 4 is 5.65 Å². The first kappa shape index (κ1) is 22.2. The fourth-order valence-corrected chi connectivity index (χ4v) is 4.97. The molecule has 9 heteroatoms. The highest BCUT2D eigenvalue weighted by atomic mass is 19.1. The maximum absolute atomic E-state index is 13.5. The van der Waals surface area contributed by atoms with E-state index in [-0.39, 0.29) is 11.7 Å². The van der Waals surface area contributed by atoms with Crippen LogP contribution in [-0.4, -0.2) is 36.5 Å². The average molecular weight is 505 g/mol. The molecule has 0 saturated heterocycles. The van der Waals surface area contributed by atoms with Crippen molar-refractivity contribution in [2.45, 2.75) is 12.8 Å². The molecule has 8 nitrogen and oxygen atoms in total. The molecule has 0 N–H and O–H groups in total. The van der Waals surface area contributed by atoms with Gasteiger partial charge in [0, 0.05) is 5.56 Å². The van der Waals surface area contributed by atoms with Gasteiger partial charge in [0.2, 0.25) is 11.8 Å². The van der Waals surface area contributed by atoms with Gasteiger partial charge in [0.05, 0.1) is 35.5 Å². The highest BCUT2D eigenvalue weighted by Gasteiger charge is 2.38. The zero-order valence-electron chi connectivity index (χ0n) is 20.5. The summed E-state index contributed by atoms with van der Waals surface area (Å²) in [5.41, 5.74) is 5.73. The van der Waals surface area contributed by atoms with Crippen molar-refractivity contribution in [3.8, 4) is 34.6 Å². The predicted octanol–water partition coefficient (Wildman–Crippen LogP) is 5.72. The molecular weight excluding hydrogens is 483 g/mol. The van der Waals surface area contributed by atoms with Gasteiger partial charge in [-0.25, -0.2) is 23.6 Å². The molecule has 7 rings (SSSR count). The van der Waals surface area contributed by atoms with Crippen LogP contribution in [0.1, 0.15) is 28.3 Å². The Kier molecular flexibility index (Phi) is 4.97. The van der Waals surface area contributed by atoms with Gasteiger partial charge >= 0.3 is 0 Å². The van der Waals surface area contributed by atoms with Crippen LogP contribution in [0.15, 0.2) is 85.2 Å². The van der Waals surface area contributed by atoms with E-state index in [0.29, 0.717) is 28.8 Å². The second-order valence-corrected chi connectivity index (χ2v) is 9.03. The van der Waals surface area contributed by atoms with Crippen LogP contribution in [0.5, 0.6) is 17.5 Å². The van der Waals surface area contributed by atoms with Crippen LogP contribution in [0.25, 0.3) is 22.7 Å². The van der Waals surface area contributed by atoms with Crippen molar-refractivity contribution in [3.05, 3.63) is 113 Å². The molecule has 0 aliphatic carbocycles. The molecule has 6 aromatic rings. The molecule has 186 valence electrons. The monoisotopic (exact) mass is 504 g/mol. The Morgan fingerprint density at radius 2 is 1.66 bits per heavy atom. The molecule has 0 unspecified atom stereocenters. The Hall–Kier alpha value is -5.05. The first-order valence-corrected chi connectivity index (χ1v) is 12.1. The Morgan fingerprint density at radius 3 is 2.39 bits per heavy atom. The van der Waals surface area contributed by atoms with Gasteiger partial charge in [0.15, 0.2) is 11.5 Å². The summed E-state index contributed by atoms with van der Waals surface area (Å²) in [5.74, 6) is 1.67. The third kappa shape index (κ3) is 3.43. The number of para-hydroxylation sites is 1. The third-order valence-corrected chi connectivity index (χ3v) is 6.77. The van der Waals surface area contributed by atoms with Crippen molar-refractivity contribution in [2.24, 2.45) is 0 Å². The number of ether oxygens (including phenoxy) is 2. The van der Waals surface area contributed by atoms with Crippen LogP contribution < -0.4 is 9.47 Å². The molecule has 3 aromatic carbocycles. The van der Waals surface area contributed by atoms with Crippen LogP contribution in [-0.2, 0) is 0 Å². The van der Waals surface area contributed by atoms with Crippen molar-refractivity contribution < 1.29 is 13.9 Å². The van der Waals surface area contributed by atoms with Gasteiger partial charge in [-0.05, 0) is 61.0 Å². The molecule has 4 heterocycles. The number of nitrogens with zero attached hydrogens (tertiary/aromatic N) is 6. The number of fused-ring (bicyclic) bond motifs is 4. The SMILES string of the molecule is COc1ccc([C@H]2c3c(C)nn(-c4ccccc4)c3Oc3ncn4nc(-c5ccc(F)cc5)nc4c32)cc1. The normalized spacial score (nSPS) is 14.1. The van der Waals surface area contributed by atoms with Crippen molar-refractivity contribution in [2.75, 3.05) is 7.11 Å². The van der Waals surface area contributed by atoms with Gasteiger partial charge in [-0.1, -0.05) is 30.3 Å². The van der Waals surface area contributed by atoms with Gasteiger partial charge in [-0.15, -0.1) is 5.10 Å². The fourth-order valence-electron chi connectivity index (χ4n) is 4.97. The number of rotatable bonds is 4. The third-order valence-electron chi connectivity index (χ3n) is 6.77. The molecule has 3 aromatic heterocycles. The summed E-state index contributed by atoms with van der Waals surface area (Å²) in [6.07, 6.45) is 1.58. The molecule has 0 spiro atoms. The maximum Gasteiger partial charge on any atom is 0.230 e. The van der Waals surface area contributed by atoms with E-state index in [1.807, 2.05) is 66.2 Å². The Labute approximate surface area is 216 Å². The summed E-state index contributed by atoms with van der Waals surface area (Å²) in [5, 5.41) is 9.49. The van der Waals surface area contributed by atoms with E-state index in [4.69, 9.17) is 19.6 Å². The molecule has 0 amide bonds. The zero-order valence-corrected chi connectivity index (χ0v) is 20.5. The van der Waals surface area contributed by atoms with Crippen molar-refractivity contribution in [3.63, 3.8) is 0 Å². The fraction of sp³-hybridized carbons (Fsp3) is 0.103. The smallest absolute Gasteiger partial charge is 0.230 e. The quantitative estimate of drug-likeness (QED) is 0.305. The molecule has 0 saturated carbocycles. The summed E-state index contributed by atoms with van der Waals surface area (Å²) in [6, 6.07) is 23.9. The second-order valence-electron chi connectivity index (χ2n) is 9.03. The lowest BCUT2D eigenvalue weighted by Crippen LogP contribution is -2.16. The molecule has 0 bridgehead atoms. The van der Waals surface area contributed by atoms with E-state index in [1.165, 1.54) is 12.1 Å². The summed E-state index contributed by atoms with van der Waals surface area (Å²) < 4.78 is 28.8. The first-order valence-electron chi connectivity index (χ1n) is 12.1. The summed E-state index contributed by atoms with van der Waals surface area (Å²) in [4.78, 5) is 9.49. The lowest BCUT2D eigenvalue weighted by Gasteiger charge is -2.26. The molecule has 1 aliphatic heterocycles. The molecule has 0 fully saturated rings. The molecule has 1 atom stereocenters. The number of hydrogen-bond donors (Lipinski definition) is 0. The lowest BCUT2D eigenvalue weighted by atomic mass is 9.84. The number of halogens is 1. The van der Waals surface area contributed by atoms with E-state index >= 15 is 0 Å². The average Bonchev–Trinajstić information content (AvgIpc) is 3.54. The standard InChI is InChI=1S/C29H21FN6O2/c1-17-23-24(18-10-14-22(37-2)15-11-18)25-27-32-26(19-8-12-20(30)13-9-19)34-35(27)16-31-28(25)38-29(23)36(33-17)21-6-4-3-5-7-21/h3-16,24H,1-2H3/t24-/m0/s1. The maximum atomic E-state index is 13.5. The highest BCUT2D eigenvalue weighted by Crippen LogP contribution is 2.49. The van der Waals surface area contributed by atoms with Gasteiger partial charge in [-0.2, -0.15) is 5.10 Å². The topological polar surface area (TPSA) is 79.4 Å². The van der Waals surface area contributed by atoms with Crippen molar-refractivity contribution in [1.82, 2.24) is 29.4 Å². The minimum atomic E-state index is -0.317. The van der Waals surface area contributed by atoms with E-state index in [2.05, 4.69) is 10.1 Å². The number of methoxy groups -OCH3 is 1. The number of aryl methyl sites for hydroxylation is 1. The molecule has 38 heavy (non-hydrogen) atoms. The summed E-state index contributed by atoms with van der Waals surface area (Å²) in [7, 11) is 1.64. The highest BCUT2D eigenvalue weighted by molar-refractivity contribution is 5.68. The van der Waals surface area contributed by atoms with Crippen LogP contribution in [0.4, 0.5) is 4.39 Å². The number of aromatic nitrogens is 6. The Bertz CT molecular complexity index is 1790. The van der Waals surface area contributed by atoms with Gasteiger partial charge in [0.1, 0.15) is 17.9 Å². The summed E-state index contributed by atoms with van der Waals surface area (Å²) in [6.45, 7) is 1.98. The van der Waals surface area contributed by atoms with E-state index in [0.717, 1.165) is 33.8 Å². The Morgan fingerprint density at radius 1 is 0.895 bits per heavy atom.